The molecule has 1 aromatic rings. The number of benzene rings is 1. The summed E-state index contributed by atoms with van der Waals surface area (Å²) in [5, 5.41) is 0. The van der Waals surface area contributed by atoms with E-state index in [1.54, 1.807) is 11.4 Å². The lowest BCUT2D eigenvalue weighted by atomic mass is 9.89. The smallest absolute Gasteiger partial charge is 0.211 e. The molecule has 0 amide bonds. The molecule has 0 bridgehead atoms. The molecule has 1 aliphatic heterocycles. The zero-order chi connectivity index (χ0) is 17.6. The number of methoxy groups -OCH3 is 1. The zero-order valence-corrected chi connectivity index (χ0v) is 16.7. The summed E-state index contributed by atoms with van der Waals surface area (Å²) < 4.78 is 37.7. The maximum Gasteiger partial charge on any atom is 0.211 e. The molecular formula is C17H26BrNO4S. The van der Waals surface area contributed by atoms with Crippen LogP contribution < -0.4 is 0 Å². The molecule has 5 nitrogen and oxygen atoms in total. The van der Waals surface area contributed by atoms with Crippen LogP contribution in [0.5, 0.6) is 0 Å². The predicted octanol–water partition coefficient (Wildman–Crippen LogP) is 3.21. The standard InChI is InChI=1S/C17H26BrNO4S/c1-22-11-6-12-23-17(15-8-3-4-9-16(15)18)14-7-5-10-19(13-14)24(2,20)21/h3-4,8-9,14,17H,5-7,10-13H2,1-2H3. The fourth-order valence-electron chi connectivity index (χ4n) is 3.12. The van der Waals surface area contributed by atoms with E-state index in [2.05, 4.69) is 15.9 Å². The highest BCUT2D eigenvalue weighted by molar-refractivity contribution is 9.10. The summed E-state index contributed by atoms with van der Waals surface area (Å²) >= 11 is 3.60. The van der Waals surface area contributed by atoms with Gasteiger partial charge in [-0.25, -0.2) is 12.7 Å². The molecule has 2 rings (SSSR count). The highest BCUT2D eigenvalue weighted by Gasteiger charge is 2.33. The van der Waals surface area contributed by atoms with Crippen LogP contribution in [0, 0.1) is 5.92 Å². The first-order chi connectivity index (χ1) is 11.4. The maximum atomic E-state index is 11.9. The highest BCUT2D eigenvalue weighted by atomic mass is 79.9. The van der Waals surface area contributed by atoms with Crippen LogP contribution in [0.2, 0.25) is 0 Å². The van der Waals surface area contributed by atoms with Crippen molar-refractivity contribution in [2.24, 2.45) is 5.92 Å². The Balaban J connectivity index is 2.17. The Kier molecular flexibility index (Phi) is 7.68. The monoisotopic (exact) mass is 419 g/mol. The third-order valence-corrected chi connectivity index (χ3v) is 6.31. The van der Waals surface area contributed by atoms with E-state index in [0.29, 0.717) is 26.3 Å². The summed E-state index contributed by atoms with van der Waals surface area (Å²) in [6, 6.07) is 8.00. The average Bonchev–Trinajstić information content (AvgIpc) is 2.55. The minimum Gasteiger partial charge on any atom is -0.385 e. The van der Waals surface area contributed by atoms with E-state index in [4.69, 9.17) is 9.47 Å². The molecule has 1 aliphatic rings. The van der Waals surface area contributed by atoms with Crippen LogP contribution in [0.3, 0.4) is 0 Å². The van der Waals surface area contributed by atoms with Gasteiger partial charge in [0.05, 0.1) is 12.4 Å². The number of piperidine rings is 1. The second kappa shape index (κ2) is 9.29. The Hall–Kier alpha value is -0.470. The number of nitrogens with zero attached hydrogens (tertiary/aromatic N) is 1. The van der Waals surface area contributed by atoms with Crippen molar-refractivity contribution in [1.82, 2.24) is 4.31 Å². The van der Waals surface area contributed by atoms with Crippen molar-refractivity contribution < 1.29 is 17.9 Å². The van der Waals surface area contributed by atoms with Gasteiger partial charge in [-0.1, -0.05) is 34.1 Å². The van der Waals surface area contributed by atoms with Crippen LogP contribution in [0.15, 0.2) is 28.7 Å². The zero-order valence-electron chi connectivity index (χ0n) is 14.3. The van der Waals surface area contributed by atoms with Gasteiger partial charge in [0.25, 0.3) is 0 Å². The number of ether oxygens (including phenoxy) is 2. The molecule has 0 aromatic heterocycles. The fourth-order valence-corrected chi connectivity index (χ4v) is 4.55. The van der Waals surface area contributed by atoms with Gasteiger partial charge in [0, 0.05) is 43.8 Å². The summed E-state index contributed by atoms with van der Waals surface area (Å²) in [5.41, 5.74) is 1.08. The Morgan fingerprint density at radius 3 is 2.75 bits per heavy atom. The Labute approximate surface area is 153 Å². The lowest BCUT2D eigenvalue weighted by molar-refractivity contribution is -0.0131. The van der Waals surface area contributed by atoms with Crippen LogP contribution in [0.4, 0.5) is 0 Å². The highest BCUT2D eigenvalue weighted by Crippen LogP contribution is 2.36. The van der Waals surface area contributed by atoms with Gasteiger partial charge in [0.1, 0.15) is 0 Å². The largest absolute Gasteiger partial charge is 0.385 e. The van der Waals surface area contributed by atoms with E-state index >= 15 is 0 Å². The average molecular weight is 420 g/mol. The van der Waals surface area contributed by atoms with Gasteiger partial charge < -0.3 is 9.47 Å². The molecule has 1 saturated heterocycles. The second-order valence-electron chi connectivity index (χ2n) is 6.18. The minimum atomic E-state index is -3.17. The molecule has 0 N–H and O–H groups in total. The van der Waals surface area contributed by atoms with E-state index in [-0.39, 0.29) is 12.0 Å². The van der Waals surface area contributed by atoms with Crippen molar-refractivity contribution >= 4 is 26.0 Å². The van der Waals surface area contributed by atoms with E-state index in [0.717, 1.165) is 29.3 Å². The first kappa shape index (κ1) is 19.8. The number of sulfonamides is 1. The SMILES string of the molecule is COCCCOC(c1ccccc1Br)C1CCCN(S(C)(=O)=O)C1. The van der Waals surface area contributed by atoms with Crippen molar-refractivity contribution in [3.63, 3.8) is 0 Å². The summed E-state index contributed by atoms with van der Waals surface area (Å²) in [5.74, 6) is 0.148. The third kappa shape index (κ3) is 5.52. The molecule has 0 radical (unpaired) electrons. The van der Waals surface area contributed by atoms with Gasteiger partial charge in [0.2, 0.25) is 10.0 Å². The van der Waals surface area contributed by atoms with Crippen molar-refractivity contribution in [2.45, 2.75) is 25.4 Å². The van der Waals surface area contributed by atoms with Crippen molar-refractivity contribution in [3.05, 3.63) is 34.3 Å². The van der Waals surface area contributed by atoms with Gasteiger partial charge in [-0.3, -0.25) is 0 Å². The van der Waals surface area contributed by atoms with E-state index < -0.39 is 10.0 Å². The summed E-state index contributed by atoms with van der Waals surface area (Å²) in [7, 11) is -1.49. The molecular weight excluding hydrogens is 394 g/mol. The van der Waals surface area contributed by atoms with Crippen LogP contribution >= 0.6 is 15.9 Å². The molecule has 1 fully saturated rings. The first-order valence-corrected chi connectivity index (χ1v) is 10.9. The minimum absolute atomic E-state index is 0.123. The van der Waals surface area contributed by atoms with Gasteiger partial charge >= 0.3 is 0 Å². The lowest BCUT2D eigenvalue weighted by Gasteiger charge is -2.36. The Morgan fingerprint density at radius 1 is 1.33 bits per heavy atom. The van der Waals surface area contributed by atoms with Crippen molar-refractivity contribution in [1.29, 1.82) is 0 Å². The van der Waals surface area contributed by atoms with E-state index in [1.807, 2.05) is 24.3 Å². The molecule has 1 heterocycles. The Bertz CT molecular complexity index is 623. The number of halogens is 1. The summed E-state index contributed by atoms with van der Waals surface area (Å²) in [6.45, 7) is 2.36. The number of hydrogen-bond donors (Lipinski definition) is 0. The van der Waals surface area contributed by atoms with Gasteiger partial charge in [0.15, 0.2) is 0 Å². The molecule has 24 heavy (non-hydrogen) atoms. The van der Waals surface area contributed by atoms with Crippen LogP contribution in [-0.4, -0.2) is 52.4 Å². The van der Waals surface area contributed by atoms with Crippen LogP contribution in [-0.2, 0) is 19.5 Å². The van der Waals surface area contributed by atoms with E-state index in [1.165, 1.54) is 6.26 Å². The third-order valence-electron chi connectivity index (χ3n) is 4.32. The van der Waals surface area contributed by atoms with Crippen molar-refractivity contribution in [3.8, 4) is 0 Å². The number of rotatable bonds is 8. The molecule has 136 valence electrons. The first-order valence-electron chi connectivity index (χ1n) is 8.23. The molecule has 2 unspecified atom stereocenters. The topological polar surface area (TPSA) is 55.8 Å². The van der Waals surface area contributed by atoms with Gasteiger partial charge in [-0.15, -0.1) is 0 Å². The quantitative estimate of drug-likeness (QED) is 0.606. The maximum absolute atomic E-state index is 11.9. The molecule has 7 heteroatoms. The predicted molar refractivity (Wildman–Crippen MR) is 98.5 cm³/mol. The Morgan fingerprint density at radius 2 is 2.08 bits per heavy atom. The fraction of sp³-hybridized carbons (Fsp3) is 0.647. The summed E-state index contributed by atoms with van der Waals surface area (Å²) in [6.07, 6.45) is 3.80. The van der Waals surface area contributed by atoms with Crippen LogP contribution in [0.25, 0.3) is 0 Å². The van der Waals surface area contributed by atoms with E-state index in [9.17, 15) is 8.42 Å². The molecule has 0 spiro atoms. The van der Waals surface area contributed by atoms with Crippen molar-refractivity contribution in [2.75, 3.05) is 39.7 Å². The molecule has 2 atom stereocenters. The summed E-state index contributed by atoms with van der Waals surface area (Å²) in [4.78, 5) is 0. The second-order valence-corrected chi connectivity index (χ2v) is 9.02. The van der Waals surface area contributed by atoms with Gasteiger partial charge in [-0.2, -0.15) is 0 Å². The normalized spacial score (nSPS) is 20.9. The number of hydrogen-bond acceptors (Lipinski definition) is 4. The molecule has 1 aromatic carbocycles. The van der Waals surface area contributed by atoms with Gasteiger partial charge in [-0.05, 0) is 30.9 Å². The lowest BCUT2D eigenvalue weighted by Crippen LogP contribution is -2.41. The van der Waals surface area contributed by atoms with Crippen LogP contribution in [0.1, 0.15) is 30.9 Å². The molecule has 0 saturated carbocycles. The molecule has 0 aliphatic carbocycles.